The lowest BCUT2D eigenvalue weighted by Crippen LogP contribution is -2.38. The number of nitrogens with one attached hydrogen (secondary N) is 1. The second-order valence-electron chi connectivity index (χ2n) is 6.91. The molecule has 3 heteroatoms. The van der Waals surface area contributed by atoms with Crippen LogP contribution in [-0.2, 0) is 4.79 Å². The van der Waals surface area contributed by atoms with Crippen molar-refractivity contribution in [2.45, 2.75) is 6.92 Å². The minimum Gasteiger partial charge on any atom is -0.326 e. The molecule has 0 unspecified atom stereocenters. The highest BCUT2D eigenvalue weighted by Gasteiger charge is 2.47. The maximum atomic E-state index is 11.5. The summed E-state index contributed by atoms with van der Waals surface area (Å²) in [5.74, 6) is -0.0620. The van der Waals surface area contributed by atoms with E-state index in [1.807, 2.05) is 12.1 Å². The van der Waals surface area contributed by atoms with Gasteiger partial charge in [-0.25, -0.2) is 0 Å². The van der Waals surface area contributed by atoms with E-state index in [1.54, 1.807) is 0 Å². The summed E-state index contributed by atoms with van der Waals surface area (Å²) >= 11 is 0. The third-order valence-electron chi connectivity index (χ3n) is 5.01. The van der Waals surface area contributed by atoms with E-state index in [-0.39, 0.29) is 5.91 Å². The molecule has 0 atom stereocenters. The van der Waals surface area contributed by atoms with E-state index < -0.39 is 7.26 Å². The molecule has 4 aromatic rings. The molecule has 0 bridgehead atoms. The van der Waals surface area contributed by atoms with E-state index in [2.05, 4.69) is 108 Å². The van der Waals surface area contributed by atoms with Crippen LogP contribution in [0.1, 0.15) is 6.92 Å². The number of carbonyl (C=O) groups excluding carboxylic acids is 1. The molecule has 29 heavy (non-hydrogen) atoms. The van der Waals surface area contributed by atoms with Gasteiger partial charge in [-0.1, -0.05) is 54.6 Å². The normalized spacial score (nSPS) is 11.1. The zero-order valence-electron chi connectivity index (χ0n) is 16.3. The molecular formula is C26H23NOP+. The monoisotopic (exact) mass is 396 g/mol. The van der Waals surface area contributed by atoms with E-state index in [0.717, 1.165) is 5.69 Å². The van der Waals surface area contributed by atoms with E-state index >= 15 is 0 Å². The van der Waals surface area contributed by atoms with Crippen LogP contribution in [0.2, 0.25) is 0 Å². The lowest BCUT2D eigenvalue weighted by atomic mass is 10.3. The largest absolute Gasteiger partial charge is 0.326 e. The third-order valence-corrected chi connectivity index (χ3v) is 9.30. The van der Waals surface area contributed by atoms with Crippen LogP contribution >= 0.6 is 7.26 Å². The molecule has 1 amide bonds. The van der Waals surface area contributed by atoms with Gasteiger partial charge in [-0.15, -0.1) is 0 Å². The topological polar surface area (TPSA) is 29.1 Å². The zero-order chi connectivity index (χ0) is 20.1. The van der Waals surface area contributed by atoms with Gasteiger partial charge in [0.2, 0.25) is 5.91 Å². The minimum atomic E-state index is -2.07. The summed E-state index contributed by atoms with van der Waals surface area (Å²) in [7, 11) is -2.07. The van der Waals surface area contributed by atoms with Crippen molar-refractivity contribution in [3.8, 4) is 0 Å². The quantitative estimate of drug-likeness (QED) is 0.502. The summed E-state index contributed by atoms with van der Waals surface area (Å²) in [4.78, 5) is 11.5. The third kappa shape index (κ3) is 3.72. The van der Waals surface area contributed by atoms with Crippen molar-refractivity contribution in [1.29, 1.82) is 0 Å². The number of amides is 1. The highest BCUT2D eigenvalue weighted by Crippen LogP contribution is 2.54. The Morgan fingerprint density at radius 2 is 0.897 bits per heavy atom. The van der Waals surface area contributed by atoms with E-state index in [9.17, 15) is 4.79 Å². The Kier molecular flexibility index (Phi) is 5.55. The smallest absolute Gasteiger partial charge is 0.221 e. The minimum absolute atomic E-state index is 0.0620. The van der Waals surface area contributed by atoms with Crippen molar-refractivity contribution in [1.82, 2.24) is 0 Å². The molecule has 2 nitrogen and oxygen atoms in total. The molecule has 0 aliphatic heterocycles. The van der Waals surface area contributed by atoms with Crippen LogP contribution in [-0.4, -0.2) is 5.91 Å². The second-order valence-corrected chi connectivity index (χ2v) is 10.3. The van der Waals surface area contributed by atoms with Crippen molar-refractivity contribution in [3.63, 3.8) is 0 Å². The standard InChI is InChI=1S/C26H22NOP/c1-21(28)27-22-17-19-26(20-18-22)29(23-11-5-2-6-12-23,24-13-7-3-8-14-24)25-15-9-4-10-16-25/h2-20H,1H3/p+1. The first-order valence-electron chi connectivity index (χ1n) is 9.65. The molecule has 0 aromatic heterocycles. The number of hydrogen-bond donors (Lipinski definition) is 1. The van der Waals surface area contributed by atoms with Gasteiger partial charge >= 0.3 is 0 Å². The van der Waals surface area contributed by atoms with Gasteiger partial charge in [0, 0.05) is 12.6 Å². The first kappa shape index (κ1) is 19.1. The predicted octanol–water partition coefficient (Wildman–Crippen LogP) is 4.26. The highest BCUT2D eigenvalue weighted by atomic mass is 31.2. The summed E-state index contributed by atoms with van der Waals surface area (Å²) in [5.41, 5.74) is 0.813. The summed E-state index contributed by atoms with van der Waals surface area (Å²) in [5, 5.41) is 8.07. The maximum Gasteiger partial charge on any atom is 0.221 e. The fraction of sp³-hybridized carbons (Fsp3) is 0.0385. The Bertz CT molecular complexity index is 981. The van der Waals surface area contributed by atoms with Gasteiger partial charge in [0.1, 0.15) is 28.5 Å². The molecule has 142 valence electrons. The van der Waals surface area contributed by atoms with Gasteiger partial charge in [-0.2, -0.15) is 0 Å². The fourth-order valence-corrected chi connectivity index (χ4v) is 8.06. The Morgan fingerprint density at radius 1 is 0.552 bits per heavy atom. The predicted molar refractivity (Wildman–Crippen MR) is 126 cm³/mol. The van der Waals surface area contributed by atoms with E-state index in [1.165, 1.54) is 28.1 Å². The van der Waals surface area contributed by atoms with Crippen LogP contribution in [0.3, 0.4) is 0 Å². The van der Waals surface area contributed by atoms with Crippen molar-refractivity contribution in [2.24, 2.45) is 0 Å². The maximum absolute atomic E-state index is 11.5. The van der Waals surface area contributed by atoms with Crippen LogP contribution in [0.25, 0.3) is 0 Å². The molecular weight excluding hydrogens is 373 g/mol. The van der Waals surface area contributed by atoms with Gasteiger partial charge < -0.3 is 5.32 Å². The SMILES string of the molecule is CC(=O)Nc1ccc([P+](c2ccccc2)(c2ccccc2)c2ccccc2)cc1. The number of hydrogen-bond acceptors (Lipinski definition) is 1. The molecule has 0 radical (unpaired) electrons. The number of rotatable bonds is 5. The first-order valence-corrected chi connectivity index (χ1v) is 11.4. The summed E-state index contributed by atoms with van der Waals surface area (Å²) in [6.07, 6.45) is 0. The van der Waals surface area contributed by atoms with E-state index in [0.29, 0.717) is 0 Å². The van der Waals surface area contributed by atoms with E-state index in [4.69, 9.17) is 0 Å². The molecule has 0 aliphatic carbocycles. The highest BCUT2D eigenvalue weighted by molar-refractivity contribution is 8.01. The van der Waals surface area contributed by atoms with Crippen LogP contribution < -0.4 is 26.5 Å². The number of benzene rings is 4. The fourth-order valence-electron chi connectivity index (χ4n) is 3.82. The van der Waals surface area contributed by atoms with Gasteiger partial charge in [-0.05, 0) is 60.7 Å². The van der Waals surface area contributed by atoms with Crippen LogP contribution in [0, 0.1) is 0 Å². The van der Waals surface area contributed by atoms with Crippen molar-refractivity contribution < 1.29 is 4.79 Å². The molecule has 4 aromatic carbocycles. The zero-order valence-corrected chi connectivity index (χ0v) is 17.2. The van der Waals surface area contributed by atoms with Crippen molar-refractivity contribution in [2.75, 3.05) is 5.32 Å². The van der Waals surface area contributed by atoms with Crippen LogP contribution in [0.15, 0.2) is 115 Å². The Labute approximate surface area is 172 Å². The summed E-state index contributed by atoms with van der Waals surface area (Å²) < 4.78 is 0. The van der Waals surface area contributed by atoms with Crippen molar-refractivity contribution >= 4 is 40.1 Å². The molecule has 4 rings (SSSR count). The number of anilines is 1. The molecule has 0 saturated heterocycles. The van der Waals surface area contributed by atoms with Gasteiger partial charge in [0.25, 0.3) is 0 Å². The molecule has 0 heterocycles. The Morgan fingerprint density at radius 3 is 1.24 bits per heavy atom. The van der Waals surface area contributed by atoms with Crippen LogP contribution in [0.4, 0.5) is 5.69 Å². The average molecular weight is 396 g/mol. The molecule has 0 spiro atoms. The molecule has 1 N–H and O–H groups in total. The van der Waals surface area contributed by atoms with Gasteiger partial charge in [0.05, 0.1) is 0 Å². The lowest BCUT2D eigenvalue weighted by Gasteiger charge is -2.27. The number of carbonyl (C=O) groups is 1. The molecule has 0 fully saturated rings. The lowest BCUT2D eigenvalue weighted by molar-refractivity contribution is -0.114. The van der Waals surface area contributed by atoms with Gasteiger partial charge in [-0.3, -0.25) is 4.79 Å². The summed E-state index contributed by atoms with van der Waals surface area (Å²) in [6, 6.07) is 40.6. The Balaban J connectivity index is 2.02. The second kappa shape index (κ2) is 8.43. The van der Waals surface area contributed by atoms with Crippen LogP contribution in [0.5, 0.6) is 0 Å². The van der Waals surface area contributed by atoms with Crippen molar-refractivity contribution in [3.05, 3.63) is 115 Å². The molecule has 0 saturated carbocycles. The molecule has 0 aliphatic rings. The van der Waals surface area contributed by atoms with Gasteiger partial charge in [0.15, 0.2) is 0 Å². The average Bonchev–Trinajstić information content (AvgIpc) is 2.77. The first-order chi connectivity index (χ1) is 14.2. The Hall–Kier alpha value is -3.22. The summed E-state index contributed by atoms with van der Waals surface area (Å²) in [6.45, 7) is 1.53.